The van der Waals surface area contributed by atoms with E-state index >= 15 is 0 Å². The summed E-state index contributed by atoms with van der Waals surface area (Å²) in [4.78, 5) is 29.7. The number of rotatable bonds is 5. The lowest BCUT2D eigenvalue weighted by atomic mass is 9.85. The summed E-state index contributed by atoms with van der Waals surface area (Å²) in [6.07, 6.45) is 6.51. The lowest BCUT2D eigenvalue weighted by Gasteiger charge is -2.24. The molecule has 180 valence electrons. The number of H-pyrrole nitrogens is 1. The van der Waals surface area contributed by atoms with Gasteiger partial charge in [0.15, 0.2) is 5.82 Å². The highest BCUT2D eigenvalue weighted by atomic mass is 19.1. The van der Waals surface area contributed by atoms with E-state index in [-0.39, 0.29) is 17.6 Å². The molecule has 2 aliphatic rings. The van der Waals surface area contributed by atoms with Crippen LogP contribution in [0.4, 0.5) is 10.1 Å². The number of imidazole rings is 1. The van der Waals surface area contributed by atoms with Gasteiger partial charge in [0, 0.05) is 28.5 Å². The van der Waals surface area contributed by atoms with Gasteiger partial charge in [-0.05, 0) is 60.4 Å². The lowest BCUT2D eigenvalue weighted by molar-refractivity contribution is -0.122. The van der Waals surface area contributed by atoms with Crippen LogP contribution in [0.3, 0.4) is 0 Å². The molecule has 1 amide bonds. The van der Waals surface area contributed by atoms with Gasteiger partial charge in [-0.1, -0.05) is 36.8 Å². The van der Waals surface area contributed by atoms with Gasteiger partial charge in [-0.2, -0.15) is 0 Å². The number of fused-ring (bicyclic) bond motifs is 2. The van der Waals surface area contributed by atoms with E-state index in [0.29, 0.717) is 11.5 Å². The molecule has 0 saturated heterocycles. The maximum atomic E-state index is 13.4. The van der Waals surface area contributed by atoms with Crippen molar-refractivity contribution >= 4 is 28.3 Å². The third kappa shape index (κ3) is 3.80. The van der Waals surface area contributed by atoms with Crippen LogP contribution >= 0.6 is 0 Å². The number of hydrogen-bond acceptors (Lipinski definition) is 4. The first kappa shape index (κ1) is 21.6. The number of halogens is 1. The average Bonchev–Trinajstić information content (AvgIpc) is 3.28. The van der Waals surface area contributed by atoms with E-state index < -0.39 is 0 Å². The van der Waals surface area contributed by atoms with E-state index in [0.717, 1.165) is 68.8 Å². The van der Waals surface area contributed by atoms with Crippen molar-refractivity contribution in [2.24, 2.45) is 10.9 Å². The number of aromatic nitrogens is 3. The summed E-state index contributed by atoms with van der Waals surface area (Å²) in [5, 5.41) is 4.91. The highest BCUT2D eigenvalue weighted by molar-refractivity contribution is 5.94. The van der Waals surface area contributed by atoms with Crippen LogP contribution in [0, 0.1) is 11.7 Å². The van der Waals surface area contributed by atoms with Gasteiger partial charge in [-0.25, -0.2) is 14.4 Å². The third-order valence-electron chi connectivity index (χ3n) is 7.19. The summed E-state index contributed by atoms with van der Waals surface area (Å²) in [6, 6.07) is 20.4. The van der Waals surface area contributed by atoms with Crippen LogP contribution in [-0.4, -0.2) is 20.9 Å². The summed E-state index contributed by atoms with van der Waals surface area (Å²) < 4.78 is 13.4. The van der Waals surface area contributed by atoms with Crippen molar-refractivity contribution in [3.63, 3.8) is 0 Å². The summed E-state index contributed by atoms with van der Waals surface area (Å²) in [5.74, 6) is 0.609. The molecule has 2 N–H and O–H groups in total. The van der Waals surface area contributed by atoms with Crippen LogP contribution in [0.2, 0.25) is 0 Å². The Morgan fingerprint density at radius 1 is 0.946 bits per heavy atom. The van der Waals surface area contributed by atoms with Crippen LogP contribution < -0.4 is 15.9 Å². The Morgan fingerprint density at radius 2 is 1.78 bits per heavy atom. The van der Waals surface area contributed by atoms with Crippen molar-refractivity contribution in [3.8, 4) is 22.3 Å². The number of aromatic amines is 1. The molecule has 1 saturated carbocycles. The molecule has 0 radical (unpaired) electrons. The highest BCUT2D eigenvalue weighted by Crippen LogP contribution is 2.30. The predicted molar refractivity (Wildman–Crippen MR) is 140 cm³/mol. The largest absolute Gasteiger partial charge is 0.337 e. The van der Waals surface area contributed by atoms with Crippen molar-refractivity contribution < 1.29 is 9.18 Å². The van der Waals surface area contributed by atoms with Crippen LogP contribution in [-0.2, 0) is 4.79 Å². The second-order valence-corrected chi connectivity index (χ2v) is 9.57. The minimum absolute atomic E-state index is 0.0710. The summed E-state index contributed by atoms with van der Waals surface area (Å²) in [6.45, 7) is 0. The quantitative estimate of drug-likeness (QED) is 0.368. The zero-order valence-electron chi connectivity index (χ0n) is 19.8. The van der Waals surface area contributed by atoms with Crippen LogP contribution in [0.5, 0.6) is 0 Å². The molecule has 2 aromatic heterocycles. The molecule has 3 aromatic carbocycles. The SMILES string of the molecule is O=C(Nc1cncc(-c2ccc3c(c2)=C(c2nc4c(-c5ccc(F)cc5)cccc4[nH]2)N=3)c1)C1CCC1. The van der Waals surface area contributed by atoms with Crippen molar-refractivity contribution in [3.05, 3.63) is 101 Å². The van der Waals surface area contributed by atoms with E-state index in [1.807, 2.05) is 36.4 Å². The van der Waals surface area contributed by atoms with Gasteiger partial charge in [0.1, 0.15) is 11.5 Å². The third-order valence-corrected chi connectivity index (χ3v) is 7.19. The minimum atomic E-state index is -0.267. The second-order valence-electron chi connectivity index (χ2n) is 9.57. The Hall–Kier alpha value is -4.65. The maximum Gasteiger partial charge on any atom is 0.227 e. The zero-order chi connectivity index (χ0) is 24.9. The molecule has 7 heteroatoms. The van der Waals surface area contributed by atoms with Crippen LogP contribution in [0.1, 0.15) is 25.1 Å². The Labute approximate surface area is 211 Å². The van der Waals surface area contributed by atoms with Gasteiger partial charge < -0.3 is 10.3 Å². The highest BCUT2D eigenvalue weighted by Gasteiger charge is 2.25. The number of carbonyl (C=O) groups excluding carboxylic acids is 1. The summed E-state index contributed by atoms with van der Waals surface area (Å²) in [5.41, 5.74) is 6.95. The zero-order valence-corrected chi connectivity index (χ0v) is 19.8. The Kier molecular flexibility index (Phi) is 4.96. The molecule has 1 aliphatic carbocycles. The lowest BCUT2D eigenvalue weighted by Crippen LogP contribution is -2.35. The maximum absolute atomic E-state index is 13.4. The number of hydrogen-bond donors (Lipinski definition) is 2. The van der Waals surface area contributed by atoms with E-state index in [4.69, 9.17) is 9.98 Å². The van der Waals surface area contributed by atoms with Gasteiger partial charge in [-0.3, -0.25) is 9.78 Å². The number of nitrogens with one attached hydrogen (secondary N) is 2. The number of amides is 1. The minimum Gasteiger partial charge on any atom is -0.337 e. The molecular formula is C30H22FN5O. The fourth-order valence-corrected chi connectivity index (χ4v) is 4.90. The van der Waals surface area contributed by atoms with Crippen molar-refractivity contribution in [1.29, 1.82) is 0 Å². The van der Waals surface area contributed by atoms with Crippen LogP contribution in [0.25, 0.3) is 39.0 Å². The summed E-state index contributed by atoms with van der Waals surface area (Å²) >= 11 is 0. The van der Waals surface area contributed by atoms with Gasteiger partial charge in [0.25, 0.3) is 0 Å². The number of nitrogens with zero attached hydrogens (tertiary/aromatic N) is 3. The number of anilines is 1. The van der Waals surface area contributed by atoms with E-state index in [9.17, 15) is 9.18 Å². The van der Waals surface area contributed by atoms with E-state index in [2.05, 4.69) is 21.4 Å². The van der Waals surface area contributed by atoms with Crippen molar-refractivity contribution in [2.45, 2.75) is 19.3 Å². The molecular weight excluding hydrogens is 465 g/mol. The van der Waals surface area contributed by atoms with Gasteiger partial charge in [0.05, 0.1) is 28.3 Å². The topological polar surface area (TPSA) is 83.0 Å². The van der Waals surface area contributed by atoms with E-state index in [1.165, 1.54) is 12.1 Å². The fourth-order valence-electron chi connectivity index (χ4n) is 4.90. The molecule has 1 aliphatic heterocycles. The Bertz CT molecular complexity index is 1820. The standard InChI is InChI=1S/C30H22FN5O/c31-21-10-7-17(8-11-21)23-5-2-6-26-27(23)36-29(35-26)28-24-14-19(9-12-25(24)34-28)20-13-22(16-32-15-20)33-30(37)18-3-1-4-18/h2,5-16,18H,1,3-4H2,(H,33,37)(H,35,36). The first-order valence-corrected chi connectivity index (χ1v) is 12.4. The smallest absolute Gasteiger partial charge is 0.227 e. The molecule has 1 fully saturated rings. The first-order chi connectivity index (χ1) is 18.1. The van der Waals surface area contributed by atoms with Gasteiger partial charge >= 0.3 is 0 Å². The Balaban J connectivity index is 1.24. The second kappa shape index (κ2) is 8.48. The number of pyridine rings is 1. The van der Waals surface area contributed by atoms with Crippen molar-refractivity contribution in [1.82, 2.24) is 15.0 Å². The normalized spacial score (nSPS) is 14.5. The van der Waals surface area contributed by atoms with Gasteiger partial charge in [0.2, 0.25) is 5.91 Å². The first-order valence-electron chi connectivity index (χ1n) is 12.4. The summed E-state index contributed by atoms with van der Waals surface area (Å²) in [7, 11) is 0. The molecule has 0 unspecified atom stereocenters. The fraction of sp³-hybridized carbons (Fsp3) is 0.133. The molecule has 6 nitrogen and oxygen atoms in total. The molecule has 7 rings (SSSR count). The molecule has 0 spiro atoms. The number of carbonyl (C=O) groups is 1. The molecule has 3 heterocycles. The molecule has 0 bridgehead atoms. The molecule has 37 heavy (non-hydrogen) atoms. The number of benzene rings is 3. The van der Waals surface area contributed by atoms with Crippen molar-refractivity contribution in [2.75, 3.05) is 5.32 Å². The predicted octanol–water partition coefficient (Wildman–Crippen LogP) is 4.96. The van der Waals surface area contributed by atoms with E-state index in [1.54, 1.807) is 24.5 Å². The Morgan fingerprint density at radius 3 is 2.59 bits per heavy atom. The van der Waals surface area contributed by atoms with Crippen LogP contribution in [0.15, 0.2) is 84.1 Å². The molecule has 0 atom stereocenters. The molecule has 5 aromatic rings. The van der Waals surface area contributed by atoms with Gasteiger partial charge in [-0.15, -0.1) is 0 Å². The number of para-hydroxylation sites is 1. The monoisotopic (exact) mass is 487 g/mol. The average molecular weight is 488 g/mol.